The molecule has 0 aliphatic carbocycles. The summed E-state index contributed by atoms with van der Waals surface area (Å²) in [5, 5.41) is 0.185. The van der Waals surface area contributed by atoms with E-state index in [1.54, 1.807) is 12.1 Å². The zero-order chi connectivity index (χ0) is 13.9. The van der Waals surface area contributed by atoms with Crippen LogP contribution in [0.3, 0.4) is 0 Å². The van der Waals surface area contributed by atoms with Gasteiger partial charge in [0.2, 0.25) is 5.95 Å². The lowest BCUT2D eigenvalue weighted by molar-refractivity contribution is 0.171. The van der Waals surface area contributed by atoms with Crippen molar-refractivity contribution in [2.24, 2.45) is 5.84 Å². The number of benzene rings is 1. The Labute approximate surface area is 118 Å². The van der Waals surface area contributed by atoms with Gasteiger partial charge in [-0.25, -0.2) is 20.2 Å². The van der Waals surface area contributed by atoms with Crippen molar-refractivity contribution in [1.29, 1.82) is 0 Å². The van der Waals surface area contributed by atoms with Gasteiger partial charge in [-0.15, -0.1) is 0 Å². The van der Waals surface area contributed by atoms with Crippen LogP contribution >= 0.6 is 11.8 Å². The number of hydrazine groups is 1. The van der Waals surface area contributed by atoms with Gasteiger partial charge in [-0.05, 0) is 18.2 Å². The van der Waals surface area contributed by atoms with Crippen LogP contribution in [0.1, 0.15) is 0 Å². The minimum absolute atomic E-state index is 0.159. The summed E-state index contributed by atoms with van der Waals surface area (Å²) in [6, 6.07) is 5.39. The predicted octanol–water partition coefficient (Wildman–Crippen LogP) is 1.82. The number of fused-ring (bicyclic) bond motifs is 1. The average molecular weight is 294 g/mol. The normalized spacial score (nSPS) is 13.1. The Morgan fingerprint density at radius 1 is 1.25 bits per heavy atom. The van der Waals surface area contributed by atoms with Crippen LogP contribution in [0.4, 0.5) is 10.3 Å². The Hall–Kier alpha value is -2.06. The molecule has 0 saturated carbocycles. The summed E-state index contributed by atoms with van der Waals surface area (Å²) in [4.78, 5) is 8.44. The van der Waals surface area contributed by atoms with Crippen LogP contribution in [0.25, 0.3) is 0 Å². The van der Waals surface area contributed by atoms with Gasteiger partial charge in [-0.2, -0.15) is 0 Å². The van der Waals surface area contributed by atoms with Gasteiger partial charge in [0.15, 0.2) is 17.3 Å². The molecule has 0 atom stereocenters. The minimum Gasteiger partial charge on any atom is -0.486 e. The Balaban J connectivity index is 1.87. The van der Waals surface area contributed by atoms with Gasteiger partial charge in [0, 0.05) is 4.90 Å². The van der Waals surface area contributed by atoms with Crippen LogP contribution in [0.15, 0.2) is 34.3 Å². The Bertz CT molecular complexity index is 641. The summed E-state index contributed by atoms with van der Waals surface area (Å²) in [7, 11) is 0. The zero-order valence-corrected chi connectivity index (χ0v) is 11.1. The predicted molar refractivity (Wildman–Crippen MR) is 71.4 cm³/mol. The number of nitrogens with zero attached hydrogens (tertiary/aromatic N) is 2. The molecule has 104 valence electrons. The maximum absolute atomic E-state index is 13.7. The van der Waals surface area contributed by atoms with Crippen molar-refractivity contribution in [1.82, 2.24) is 9.97 Å². The molecular weight excluding hydrogens is 283 g/mol. The molecule has 0 saturated heterocycles. The highest BCUT2D eigenvalue weighted by Crippen LogP contribution is 2.36. The van der Waals surface area contributed by atoms with Crippen molar-refractivity contribution in [3.63, 3.8) is 0 Å². The third kappa shape index (κ3) is 2.61. The van der Waals surface area contributed by atoms with E-state index in [0.29, 0.717) is 24.7 Å². The van der Waals surface area contributed by atoms with E-state index in [1.807, 2.05) is 6.07 Å². The molecule has 2 aromatic rings. The smallest absolute Gasteiger partial charge is 0.238 e. The Morgan fingerprint density at radius 3 is 2.85 bits per heavy atom. The van der Waals surface area contributed by atoms with Gasteiger partial charge in [0.05, 0.1) is 6.20 Å². The molecule has 1 aromatic carbocycles. The number of anilines is 1. The number of nitrogen functional groups attached to an aromatic ring is 1. The maximum Gasteiger partial charge on any atom is 0.238 e. The summed E-state index contributed by atoms with van der Waals surface area (Å²) in [6.07, 6.45) is 1.07. The number of halogens is 1. The Morgan fingerprint density at radius 2 is 2.05 bits per heavy atom. The first-order chi connectivity index (χ1) is 9.76. The van der Waals surface area contributed by atoms with E-state index >= 15 is 0 Å². The first-order valence-corrected chi connectivity index (χ1v) is 6.64. The largest absolute Gasteiger partial charge is 0.486 e. The molecule has 0 amide bonds. The van der Waals surface area contributed by atoms with Gasteiger partial charge in [0.1, 0.15) is 18.2 Å². The van der Waals surface area contributed by atoms with Crippen molar-refractivity contribution < 1.29 is 13.9 Å². The van der Waals surface area contributed by atoms with E-state index < -0.39 is 5.82 Å². The number of nitrogens with two attached hydrogens (primary N) is 1. The monoisotopic (exact) mass is 294 g/mol. The molecule has 1 aliphatic rings. The number of nitrogens with one attached hydrogen (secondary N) is 1. The van der Waals surface area contributed by atoms with Crippen molar-refractivity contribution in [2.75, 3.05) is 18.6 Å². The fourth-order valence-electron chi connectivity index (χ4n) is 1.69. The zero-order valence-electron chi connectivity index (χ0n) is 10.3. The second-order valence-corrected chi connectivity index (χ2v) is 4.96. The lowest BCUT2D eigenvalue weighted by Crippen LogP contribution is -2.15. The molecule has 1 aromatic heterocycles. The fourth-order valence-corrected chi connectivity index (χ4v) is 2.50. The third-order valence-electron chi connectivity index (χ3n) is 2.57. The summed E-state index contributed by atoms with van der Waals surface area (Å²) in [6.45, 7) is 1.04. The standard InChI is InChI=1S/C12H11FN4O2S/c13-8-6-15-12(17-14)16-11(8)20-7-1-2-9-10(5-7)19-4-3-18-9/h1-2,5-6H,3-4,14H2,(H,15,16,17). The third-order valence-corrected chi connectivity index (χ3v) is 3.54. The molecule has 20 heavy (non-hydrogen) atoms. The number of aromatic nitrogens is 2. The molecule has 0 bridgehead atoms. The van der Waals surface area contributed by atoms with E-state index in [0.717, 1.165) is 22.9 Å². The van der Waals surface area contributed by atoms with Crippen LogP contribution in [0, 0.1) is 5.82 Å². The Kier molecular flexibility index (Phi) is 3.57. The lowest BCUT2D eigenvalue weighted by atomic mass is 10.3. The highest BCUT2D eigenvalue weighted by molar-refractivity contribution is 7.99. The quantitative estimate of drug-likeness (QED) is 0.507. The van der Waals surface area contributed by atoms with Crippen molar-refractivity contribution in [2.45, 2.75) is 9.92 Å². The second-order valence-electron chi connectivity index (χ2n) is 3.90. The van der Waals surface area contributed by atoms with Crippen LogP contribution in [0.2, 0.25) is 0 Å². The number of rotatable bonds is 3. The fraction of sp³-hybridized carbons (Fsp3) is 0.167. The summed E-state index contributed by atoms with van der Waals surface area (Å²) < 4.78 is 24.6. The molecule has 0 spiro atoms. The highest BCUT2D eigenvalue weighted by Gasteiger charge is 2.14. The van der Waals surface area contributed by atoms with Gasteiger partial charge >= 0.3 is 0 Å². The van der Waals surface area contributed by atoms with Crippen LogP contribution in [0.5, 0.6) is 11.5 Å². The first kappa shape index (κ1) is 12.9. The highest BCUT2D eigenvalue weighted by atomic mass is 32.2. The van der Waals surface area contributed by atoms with Crippen LogP contribution < -0.4 is 20.7 Å². The molecule has 1 aliphatic heterocycles. The molecule has 0 fully saturated rings. The summed E-state index contributed by atoms with van der Waals surface area (Å²) >= 11 is 1.16. The SMILES string of the molecule is NNc1ncc(F)c(Sc2ccc3c(c2)OCCO3)n1. The van der Waals surface area contributed by atoms with E-state index in [2.05, 4.69) is 15.4 Å². The lowest BCUT2D eigenvalue weighted by Gasteiger charge is -2.18. The summed E-state index contributed by atoms with van der Waals surface area (Å²) in [5.41, 5.74) is 2.28. The molecule has 8 heteroatoms. The number of ether oxygens (including phenoxy) is 2. The van der Waals surface area contributed by atoms with E-state index in [4.69, 9.17) is 15.3 Å². The van der Waals surface area contributed by atoms with Crippen molar-refractivity contribution in [3.05, 3.63) is 30.2 Å². The van der Waals surface area contributed by atoms with Crippen LogP contribution in [-0.2, 0) is 0 Å². The molecule has 3 N–H and O–H groups in total. The van der Waals surface area contributed by atoms with E-state index in [1.165, 1.54) is 0 Å². The number of hydrogen-bond donors (Lipinski definition) is 2. The van der Waals surface area contributed by atoms with Gasteiger partial charge < -0.3 is 9.47 Å². The minimum atomic E-state index is -0.510. The van der Waals surface area contributed by atoms with E-state index in [-0.39, 0.29) is 11.0 Å². The summed E-state index contributed by atoms with van der Waals surface area (Å²) in [5.74, 6) is 6.19. The topological polar surface area (TPSA) is 82.3 Å². The number of hydrogen-bond acceptors (Lipinski definition) is 7. The average Bonchev–Trinajstić information content (AvgIpc) is 2.49. The van der Waals surface area contributed by atoms with Crippen molar-refractivity contribution >= 4 is 17.7 Å². The maximum atomic E-state index is 13.7. The molecular formula is C12H11FN4O2S. The molecule has 2 heterocycles. The molecule has 3 rings (SSSR count). The van der Waals surface area contributed by atoms with Gasteiger partial charge in [0.25, 0.3) is 0 Å². The molecule has 6 nitrogen and oxygen atoms in total. The van der Waals surface area contributed by atoms with Gasteiger partial charge in [-0.3, -0.25) is 5.43 Å². The van der Waals surface area contributed by atoms with Crippen LogP contribution in [-0.4, -0.2) is 23.2 Å². The van der Waals surface area contributed by atoms with Crippen molar-refractivity contribution in [3.8, 4) is 11.5 Å². The van der Waals surface area contributed by atoms with Gasteiger partial charge in [-0.1, -0.05) is 11.8 Å². The molecule has 0 radical (unpaired) electrons. The first-order valence-electron chi connectivity index (χ1n) is 5.83. The second kappa shape index (κ2) is 5.51. The van der Waals surface area contributed by atoms with E-state index in [9.17, 15) is 4.39 Å². The molecule has 0 unspecified atom stereocenters.